The first-order chi connectivity index (χ1) is 5.77. The lowest BCUT2D eigenvalue weighted by Crippen LogP contribution is -1.84. The average molecular weight is 192 g/mol. The highest BCUT2D eigenvalue weighted by Crippen LogP contribution is 2.47. The lowest BCUT2D eigenvalue weighted by Gasteiger charge is -1.96. The molecule has 1 atom stereocenters. The Morgan fingerprint density at radius 2 is 1.25 bits per heavy atom. The molecule has 0 radical (unpaired) electrons. The van der Waals surface area contributed by atoms with Crippen molar-refractivity contribution in [2.24, 2.45) is 5.41 Å². The topological polar surface area (TPSA) is 0 Å². The van der Waals surface area contributed by atoms with Gasteiger partial charge < -0.3 is 0 Å². The number of hydrogen-bond donors (Lipinski definition) is 0. The van der Waals surface area contributed by atoms with E-state index in [9.17, 15) is 0 Å². The molecule has 0 N–H and O–H groups in total. The van der Waals surface area contributed by atoms with Gasteiger partial charge in [0.1, 0.15) is 0 Å². The molecule has 1 aliphatic rings. The van der Waals surface area contributed by atoms with Crippen LogP contribution in [0.25, 0.3) is 0 Å². The van der Waals surface area contributed by atoms with Gasteiger partial charge in [-0.25, -0.2) is 0 Å². The SMILES string of the molecule is CC.CC.CCC1(C)CC1.CP. The van der Waals surface area contributed by atoms with Gasteiger partial charge in [-0.05, 0) is 18.3 Å². The molecule has 0 saturated heterocycles. The lowest BCUT2D eigenvalue weighted by molar-refractivity contribution is 0.551. The van der Waals surface area contributed by atoms with Gasteiger partial charge >= 0.3 is 0 Å². The molecule has 0 aliphatic heterocycles. The first-order valence-electron chi connectivity index (χ1n) is 5.35. The fourth-order valence-corrected chi connectivity index (χ4v) is 0.567. The predicted molar refractivity (Wildman–Crippen MR) is 66.0 cm³/mol. The predicted octanol–water partition coefficient (Wildman–Crippen LogP) is 4.74. The van der Waals surface area contributed by atoms with Gasteiger partial charge in [0.15, 0.2) is 0 Å². The smallest absolute Gasteiger partial charge is 0.0328 e. The van der Waals surface area contributed by atoms with Crippen molar-refractivity contribution in [1.29, 1.82) is 0 Å². The van der Waals surface area contributed by atoms with E-state index in [1.165, 1.54) is 19.3 Å². The van der Waals surface area contributed by atoms with E-state index in [-0.39, 0.29) is 0 Å². The summed E-state index contributed by atoms with van der Waals surface area (Å²) in [5.41, 5.74) is 0.792. The van der Waals surface area contributed by atoms with Crippen molar-refractivity contribution in [3.05, 3.63) is 0 Å². The molecule has 0 bridgehead atoms. The monoisotopic (exact) mass is 192 g/mol. The third kappa shape index (κ3) is 13.1. The molecule has 1 rings (SSSR count). The van der Waals surface area contributed by atoms with E-state index in [4.69, 9.17) is 0 Å². The fourth-order valence-electron chi connectivity index (χ4n) is 0.567. The fraction of sp³-hybridized carbons (Fsp3) is 1.00. The minimum atomic E-state index is 0.792. The maximum Gasteiger partial charge on any atom is -0.0328 e. The molecule has 1 fully saturated rings. The van der Waals surface area contributed by atoms with Crippen LogP contribution >= 0.6 is 9.24 Å². The summed E-state index contributed by atoms with van der Waals surface area (Å²) < 4.78 is 0. The van der Waals surface area contributed by atoms with Gasteiger partial charge in [0, 0.05) is 0 Å². The van der Waals surface area contributed by atoms with Crippen LogP contribution in [0.3, 0.4) is 0 Å². The summed E-state index contributed by atoms with van der Waals surface area (Å²) in [6.45, 7) is 14.5. The molecule has 0 heterocycles. The minimum Gasteiger partial charge on any atom is -0.141 e. The minimum absolute atomic E-state index is 0.792. The molecular formula is C11H29P. The summed E-state index contributed by atoms with van der Waals surface area (Å²) >= 11 is 0. The van der Waals surface area contributed by atoms with Crippen molar-refractivity contribution >= 4 is 9.24 Å². The summed E-state index contributed by atoms with van der Waals surface area (Å²) in [6.07, 6.45) is 4.33. The molecule has 0 nitrogen and oxygen atoms in total. The Balaban J connectivity index is -0.000000117. The largest absolute Gasteiger partial charge is 0.141 e. The molecule has 0 spiro atoms. The van der Waals surface area contributed by atoms with Crippen LogP contribution in [0.5, 0.6) is 0 Å². The quantitative estimate of drug-likeness (QED) is 0.526. The highest BCUT2D eigenvalue weighted by molar-refractivity contribution is 7.15. The zero-order valence-electron chi connectivity index (χ0n) is 10.2. The molecule has 1 saturated carbocycles. The van der Waals surface area contributed by atoms with Crippen LogP contribution in [0.1, 0.15) is 60.8 Å². The van der Waals surface area contributed by atoms with Crippen molar-refractivity contribution in [1.82, 2.24) is 0 Å². The van der Waals surface area contributed by atoms with E-state index in [2.05, 4.69) is 23.1 Å². The first kappa shape index (κ1) is 18.3. The summed E-state index contributed by atoms with van der Waals surface area (Å²) in [5.74, 6) is 0. The van der Waals surface area contributed by atoms with Gasteiger partial charge in [0.25, 0.3) is 0 Å². The Bertz CT molecular complexity index is 56.0. The molecule has 78 valence electrons. The summed E-state index contributed by atoms with van der Waals surface area (Å²) in [6, 6.07) is 0. The molecule has 1 unspecified atom stereocenters. The van der Waals surface area contributed by atoms with Gasteiger partial charge in [0.05, 0.1) is 0 Å². The van der Waals surface area contributed by atoms with Gasteiger partial charge in [0.2, 0.25) is 0 Å². The third-order valence-corrected chi connectivity index (χ3v) is 1.96. The summed E-state index contributed by atoms with van der Waals surface area (Å²) in [5, 5.41) is 0. The Hall–Kier alpha value is 0.430. The van der Waals surface area contributed by atoms with Crippen LogP contribution < -0.4 is 0 Å². The summed E-state index contributed by atoms with van der Waals surface area (Å²) in [4.78, 5) is 0. The maximum atomic E-state index is 2.42. The Morgan fingerprint density at radius 3 is 1.25 bits per heavy atom. The van der Waals surface area contributed by atoms with Crippen molar-refractivity contribution < 1.29 is 0 Å². The molecule has 0 amide bonds. The summed E-state index contributed by atoms with van der Waals surface area (Å²) in [7, 11) is 2.42. The average Bonchev–Trinajstić information content (AvgIpc) is 2.95. The molecule has 0 aromatic rings. The van der Waals surface area contributed by atoms with Crippen LogP contribution in [-0.4, -0.2) is 6.66 Å². The highest BCUT2D eigenvalue weighted by Gasteiger charge is 2.34. The van der Waals surface area contributed by atoms with Crippen LogP contribution in [0.2, 0.25) is 0 Å². The lowest BCUT2D eigenvalue weighted by atomic mass is 10.1. The van der Waals surface area contributed by atoms with Crippen LogP contribution in [0.15, 0.2) is 0 Å². The Morgan fingerprint density at radius 1 is 1.00 bits per heavy atom. The molecule has 1 aliphatic carbocycles. The zero-order valence-corrected chi connectivity index (χ0v) is 11.4. The normalized spacial score (nSPS) is 15.0. The Labute approximate surface area is 82.7 Å². The zero-order chi connectivity index (χ0) is 10.6. The standard InChI is InChI=1S/C6H12.2C2H6.CH5P/c1-3-6(2)4-5-6;3*1-2/h3-5H2,1-2H3;2*1-2H3;2H2,1H3. The second kappa shape index (κ2) is 14.0. The van der Waals surface area contributed by atoms with Gasteiger partial charge in [-0.3, -0.25) is 0 Å². The van der Waals surface area contributed by atoms with Crippen molar-refractivity contribution in [3.63, 3.8) is 0 Å². The molecule has 0 aromatic heterocycles. The van der Waals surface area contributed by atoms with Crippen molar-refractivity contribution in [3.8, 4) is 0 Å². The van der Waals surface area contributed by atoms with E-state index in [0.29, 0.717) is 0 Å². The van der Waals surface area contributed by atoms with Crippen LogP contribution in [0.4, 0.5) is 0 Å². The molecule has 1 heteroatoms. The van der Waals surface area contributed by atoms with Gasteiger partial charge in [-0.15, -0.1) is 9.24 Å². The van der Waals surface area contributed by atoms with Crippen LogP contribution in [0, 0.1) is 5.41 Å². The van der Waals surface area contributed by atoms with Crippen molar-refractivity contribution in [2.75, 3.05) is 6.66 Å². The van der Waals surface area contributed by atoms with Crippen molar-refractivity contribution in [2.45, 2.75) is 60.8 Å². The maximum absolute atomic E-state index is 2.42. The molecule has 12 heavy (non-hydrogen) atoms. The van der Waals surface area contributed by atoms with Crippen LogP contribution in [-0.2, 0) is 0 Å². The number of rotatable bonds is 1. The second-order valence-electron chi connectivity index (χ2n) is 2.66. The van der Waals surface area contributed by atoms with Gasteiger partial charge in [-0.2, -0.15) is 0 Å². The van der Waals surface area contributed by atoms with E-state index in [1.807, 2.05) is 34.4 Å². The van der Waals surface area contributed by atoms with E-state index in [0.717, 1.165) is 5.41 Å². The third-order valence-electron chi connectivity index (χ3n) is 1.96. The van der Waals surface area contributed by atoms with Gasteiger partial charge in [-0.1, -0.05) is 54.6 Å². The van der Waals surface area contributed by atoms with E-state index < -0.39 is 0 Å². The van der Waals surface area contributed by atoms with E-state index in [1.54, 1.807) is 0 Å². The molecular weight excluding hydrogens is 163 g/mol. The van der Waals surface area contributed by atoms with E-state index >= 15 is 0 Å². The highest BCUT2D eigenvalue weighted by atomic mass is 31.0. The first-order valence-corrected chi connectivity index (χ1v) is 6.50. The Kier molecular flexibility index (Phi) is 21.3. The molecule has 0 aromatic carbocycles. The second-order valence-corrected chi connectivity index (χ2v) is 2.66. The number of hydrogen-bond acceptors (Lipinski definition) is 0.